The lowest BCUT2D eigenvalue weighted by Gasteiger charge is -1.99. The smallest absolute Gasteiger partial charge is 0.263 e. The van der Waals surface area contributed by atoms with Gasteiger partial charge in [-0.3, -0.25) is 0 Å². The molecular formula is C6H7ClF2N2O2. The van der Waals surface area contributed by atoms with Gasteiger partial charge in [-0.15, -0.1) is 0 Å². The third-order valence-electron chi connectivity index (χ3n) is 1.15. The molecule has 1 heterocycles. The van der Waals surface area contributed by atoms with Gasteiger partial charge in [0, 0.05) is 0 Å². The average molecular weight is 213 g/mol. The van der Waals surface area contributed by atoms with Crippen molar-refractivity contribution in [2.24, 2.45) is 0 Å². The molecule has 0 saturated heterocycles. The highest BCUT2D eigenvalue weighted by molar-refractivity contribution is 6.28. The molecule has 1 rings (SSSR count). The van der Waals surface area contributed by atoms with Gasteiger partial charge in [0.05, 0.1) is 13.0 Å². The number of halogens is 3. The van der Waals surface area contributed by atoms with E-state index in [0.29, 0.717) is 0 Å². The van der Waals surface area contributed by atoms with E-state index in [1.165, 1.54) is 0 Å². The van der Waals surface area contributed by atoms with Crippen molar-refractivity contribution in [3.63, 3.8) is 0 Å². The van der Waals surface area contributed by atoms with Gasteiger partial charge < -0.3 is 9.26 Å². The number of hydrogen-bond donors (Lipinski definition) is 0. The molecule has 0 aliphatic carbocycles. The van der Waals surface area contributed by atoms with Crippen LogP contribution in [0.5, 0.6) is 0 Å². The van der Waals surface area contributed by atoms with Gasteiger partial charge in [0.2, 0.25) is 5.89 Å². The Morgan fingerprint density at radius 3 is 2.85 bits per heavy atom. The van der Waals surface area contributed by atoms with Crippen LogP contribution in [0.1, 0.15) is 5.89 Å². The van der Waals surface area contributed by atoms with Gasteiger partial charge in [-0.1, -0.05) is 0 Å². The van der Waals surface area contributed by atoms with Crippen LogP contribution in [0.25, 0.3) is 0 Å². The Bertz CT molecular complexity index is 257. The fourth-order valence-corrected chi connectivity index (χ4v) is 0.796. The summed E-state index contributed by atoms with van der Waals surface area (Å²) in [6.07, 6.45) is -2.17. The molecule has 0 unspecified atom stereocenters. The summed E-state index contributed by atoms with van der Waals surface area (Å²) in [4.78, 5) is 3.65. The van der Waals surface area contributed by atoms with E-state index < -0.39 is 13.0 Å². The van der Waals surface area contributed by atoms with E-state index in [4.69, 9.17) is 11.6 Å². The molecule has 0 fully saturated rings. The van der Waals surface area contributed by atoms with Crippen LogP contribution in [0.3, 0.4) is 0 Å². The monoisotopic (exact) mass is 212 g/mol. The van der Waals surface area contributed by atoms with E-state index in [0.717, 1.165) is 0 Å². The van der Waals surface area contributed by atoms with E-state index in [9.17, 15) is 8.78 Å². The molecule has 0 amide bonds. The summed E-state index contributed by atoms with van der Waals surface area (Å²) < 4.78 is 32.3. The molecule has 4 nitrogen and oxygen atoms in total. The summed E-state index contributed by atoms with van der Waals surface area (Å²) in [5.41, 5.74) is 0. The van der Waals surface area contributed by atoms with Crippen LogP contribution in [-0.2, 0) is 11.2 Å². The Labute approximate surface area is 77.8 Å². The minimum atomic E-state index is -2.45. The Kier molecular flexibility index (Phi) is 4.04. The zero-order valence-corrected chi connectivity index (χ0v) is 7.30. The van der Waals surface area contributed by atoms with Crippen LogP contribution in [-0.4, -0.2) is 29.8 Å². The lowest BCUT2D eigenvalue weighted by Crippen LogP contribution is -2.07. The second kappa shape index (κ2) is 5.08. The number of aromatic nitrogens is 2. The number of nitrogens with zero attached hydrogens (tertiary/aromatic N) is 2. The van der Waals surface area contributed by atoms with Crippen molar-refractivity contribution < 1.29 is 18.0 Å². The topological polar surface area (TPSA) is 48.2 Å². The zero-order chi connectivity index (χ0) is 9.68. The molecule has 7 heteroatoms. The van der Waals surface area contributed by atoms with Gasteiger partial charge in [0.15, 0.2) is 0 Å². The minimum Gasteiger partial charge on any atom is -0.375 e. The number of alkyl halides is 2. The Morgan fingerprint density at radius 1 is 1.54 bits per heavy atom. The number of hydrogen-bond acceptors (Lipinski definition) is 4. The first kappa shape index (κ1) is 10.3. The van der Waals surface area contributed by atoms with Crippen LogP contribution >= 0.6 is 11.6 Å². The standard InChI is InChI=1S/C6H7ClF2N2O2/c7-6-10-5(13-11-6)1-2-12-3-4(8)9/h4H,1-3H2. The maximum absolute atomic E-state index is 11.6. The first-order chi connectivity index (χ1) is 6.18. The lowest BCUT2D eigenvalue weighted by molar-refractivity contribution is 0.0171. The average Bonchev–Trinajstić information content (AvgIpc) is 2.45. The van der Waals surface area contributed by atoms with E-state index in [1.807, 2.05) is 0 Å². The normalized spacial score (nSPS) is 11.1. The fourth-order valence-electron chi connectivity index (χ4n) is 0.668. The Balaban J connectivity index is 2.13. The summed E-state index contributed by atoms with van der Waals surface area (Å²) >= 11 is 5.35. The van der Waals surface area contributed by atoms with Gasteiger partial charge in [0.1, 0.15) is 6.61 Å². The van der Waals surface area contributed by atoms with Crippen LogP contribution in [0, 0.1) is 0 Å². The van der Waals surface area contributed by atoms with Gasteiger partial charge in [0.25, 0.3) is 11.7 Å². The maximum Gasteiger partial charge on any atom is 0.263 e. The molecule has 0 atom stereocenters. The molecule has 0 aliphatic rings. The quantitative estimate of drug-likeness (QED) is 0.695. The van der Waals surface area contributed by atoms with Crippen molar-refractivity contribution in [1.29, 1.82) is 0 Å². The van der Waals surface area contributed by atoms with E-state index >= 15 is 0 Å². The highest BCUT2D eigenvalue weighted by Crippen LogP contribution is 2.03. The highest BCUT2D eigenvalue weighted by atomic mass is 35.5. The molecule has 1 aromatic heterocycles. The number of ether oxygens (including phenoxy) is 1. The molecule has 1 aromatic rings. The molecule has 0 N–H and O–H groups in total. The highest BCUT2D eigenvalue weighted by Gasteiger charge is 2.05. The molecule has 0 aromatic carbocycles. The molecule has 0 saturated carbocycles. The second-order valence-corrected chi connectivity index (χ2v) is 2.51. The van der Waals surface area contributed by atoms with Gasteiger partial charge >= 0.3 is 0 Å². The molecule has 0 bridgehead atoms. The number of rotatable bonds is 5. The van der Waals surface area contributed by atoms with E-state index in [1.54, 1.807) is 0 Å². The van der Waals surface area contributed by atoms with Crippen molar-refractivity contribution in [3.05, 3.63) is 11.2 Å². The predicted octanol–water partition coefficient (Wildman–Crippen LogP) is 1.55. The van der Waals surface area contributed by atoms with Crippen molar-refractivity contribution >= 4 is 11.6 Å². The van der Waals surface area contributed by atoms with Crippen molar-refractivity contribution in [3.8, 4) is 0 Å². The third kappa shape index (κ3) is 4.14. The molecule has 0 spiro atoms. The van der Waals surface area contributed by atoms with Crippen LogP contribution in [0.2, 0.25) is 5.28 Å². The van der Waals surface area contributed by atoms with Crippen molar-refractivity contribution in [2.75, 3.05) is 13.2 Å². The Hall–Kier alpha value is -0.750. The Morgan fingerprint density at radius 2 is 2.31 bits per heavy atom. The molecule has 74 valence electrons. The summed E-state index contributed by atoms with van der Waals surface area (Å²) in [5, 5.41) is 3.31. The zero-order valence-electron chi connectivity index (χ0n) is 6.54. The van der Waals surface area contributed by atoms with Crippen molar-refractivity contribution in [1.82, 2.24) is 10.1 Å². The molecule has 0 radical (unpaired) electrons. The minimum absolute atomic E-state index is 0.00357. The summed E-state index contributed by atoms with van der Waals surface area (Å²) in [6, 6.07) is 0. The molecular weight excluding hydrogens is 206 g/mol. The second-order valence-electron chi connectivity index (χ2n) is 2.17. The summed E-state index contributed by atoms with van der Waals surface area (Å²) in [7, 11) is 0. The fraction of sp³-hybridized carbons (Fsp3) is 0.667. The summed E-state index contributed by atoms with van der Waals surface area (Å²) in [5.74, 6) is 0.277. The first-order valence-electron chi connectivity index (χ1n) is 3.52. The first-order valence-corrected chi connectivity index (χ1v) is 3.90. The maximum atomic E-state index is 11.6. The van der Waals surface area contributed by atoms with Gasteiger partial charge in [-0.2, -0.15) is 4.98 Å². The molecule has 13 heavy (non-hydrogen) atoms. The van der Waals surface area contributed by atoms with Gasteiger partial charge in [-0.05, 0) is 16.8 Å². The lowest BCUT2D eigenvalue weighted by atomic mass is 10.4. The third-order valence-corrected chi connectivity index (χ3v) is 1.30. The molecule has 0 aliphatic heterocycles. The SMILES string of the molecule is FC(F)COCCc1nc(Cl)no1. The van der Waals surface area contributed by atoms with Crippen molar-refractivity contribution in [2.45, 2.75) is 12.8 Å². The van der Waals surface area contributed by atoms with E-state index in [-0.39, 0.29) is 24.2 Å². The largest absolute Gasteiger partial charge is 0.375 e. The van der Waals surface area contributed by atoms with Gasteiger partial charge in [-0.25, -0.2) is 8.78 Å². The summed E-state index contributed by atoms with van der Waals surface area (Å²) in [6.45, 7) is -0.468. The predicted molar refractivity (Wildman–Crippen MR) is 39.8 cm³/mol. The van der Waals surface area contributed by atoms with Crippen LogP contribution in [0.4, 0.5) is 8.78 Å². The van der Waals surface area contributed by atoms with Crippen LogP contribution in [0.15, 0.2) is 4.52 Å². The van der Waals surface area contributed by atoms with Crippen LogP contribution < -0.4 is 0 Å². The van der Waals surface area contributed by atoms with E-state index in [2.05, 4.69) is 19.4 Å².